The van der Waals surface area contributed by atoms with Crippen LogP contribution in [-0.2, 0) is 11.3 Å². The lowest BCUT2D eigenvalue weighted by atomic mass is 10.1. The Balaban J connectivity index is 1.28. The Morgan fingerprint density at radius 3 is 2.72 bits per heavy atom. The molecule has 3 aromatic heterocycles. The van der Waals surface area contributed by atoms with Crippen LogP contribution in [0.1, 0.15) is 18.1 Å². The van der Waals surface area contributed by atoms with Gasteiger partial charge in [-0.15, -0.1) is 5.10 Å². The standard InChI is InChI=1S/C23H27N7OS/c1-3-30(28-10-12-31-13-11-28)21-9-8-19(15-24-21)20-16-29-23(26-20)32-22(27-29)25-14-18-7-5-4-6-17(18)2/h4-9,15-16H,3,10-14H2,1-2H3,(H,25,27). The summed E-state index contributed by atoms with van der Waals surface area (Å²) in [6, 6.07) is 12.5. The molecule has 5 rings (SSSR count). The highest BCUT2D eigenvalue weighted by molar-refractivity contribution is 7.20. The van der Waals surface area contributed by atoms with Gasteiger partial charge in [-0.25, -0.2) is 19.5 Å². The second-order valence-electron chi connectivity index (χ2n) is 7.73. The lowest BCUT2D eigenvalue weighted by Gasteiger charge is -2.37. The van der Waals surface area contributed by atoms with E-state index < -0.39 is 0 Å². The monoisotopic (exact) mass is 449 g/mol. The molecule has 0 unspecified atom stereocenters. The molecule has 4 aromatic rings. The van der Waals surface area contributed by atoms with E-state index in [2.05, 4.69) is 70.7 Å². The second kappa shape index (κ2) is 9.23. The second-order valence-corrected chi connectivity index (χ2v) is 8.68. The van der Waals surface area contributed by atoms with Crippen LogP contribution in [0, 0.1) is 6.92 Å². The molecule has 4 heterocycles. The lowest BCUT2D eigenvalue weighted by molar-refractivity contribution is 0.0318. The normalized spacial score (nSPS) is 14.7. The van der Waals surface area contributed by atoms with Gasteiger partial charge in [-0.2, -0.15) is 0 Å². The van der Waals surface area contributed by atoms with E-state index in [9.17, 15) is 0 Å². The average molecular weight is 450 g/mol. The Hall–Kier alpha value is -3.01. The molecule has 0 radical (unpaired) electrons. The molecule has 1 aliphatic heterocycles. The molecule has 0 aliphatic carbocycles. The van der Waals surface area contributed by atoms with Gasteiger partial charge in [0.1, 0.15) is 5.82 Å². The number of nitrogens with zero attached hydrogens (tertiary/aromatic N) is 6. The van der Waals surface area contributed by atoms with Gasteiger partial charge >= 0.3 is 0 Å². The van der Waals surface area contributed by atoms with E-state index in [1.807, 2.05) is 16.9 Å². The van der Waals surface area contributed by atoms with E-state index in [-0.39, 0.29) is 0 Å². The highest BCUT2D eigenvalue weighted by Gasteiger charge is 2.19. The first kappa shape index (κ1) is 20.9. The minimum Gasteiger partial charge on any atom is -0.379 e. The summed E-state index contributed by atoms with van der Waals surface area (Å²) in [5, 5.41) is 13.4. The average Bonchev–Trinajstić information content (AvgIpc) is 3.39. The third kappa shape index (κ3) is 4.32. The van der Waals surface area contributed by atoms with Gasteiger partial charge in [-0.3, -0.25) is 5.01 Å². The van der Waals surface area contributed by atoms with Crippen molar-refractivity contribution in [2.24, 2.45) is 0 Å². The molecular weight excluding hydrogens is 422 g/mol. The first-order chi connectivity index (χ1) is 15.7. The summed E-state index contributed by atoms with van der Waals surface area (Å²) in [6.07, 6.45) is 3.85. The zero-order valence-electron chi connectivity index (χ0n) is 18.4. The molecule has 0 saturated carbocycles. The maximum Gasteiger partial charge on any atom is 0.214 e. The fraction of sp³-hybridized carbons (Fsp3) is 0.348. The summed E-state index contributed by atoms with van der Waals surface area (Å²) in [5.74, 6) is 0.944. The molecule has 1 aromatic carbocycles. The molecule has 1 fully saturated rings. The Morgan fingerprint density at radius 2 is 2.00 bits per heavy atom. The molecule has 32 heavy (non-hydrogen) atoms. The van der Waals surface area contributed by atoms with Crippen LogP contribution in [-0.4, -0.2) is 57.4 Å². The Kier molecular flexibility index (Phi) is 6.02. The van der Waals surface area contributed by atoms with Crippen LogP contribution in [0.25, 0.3) is 16.2 Å². The molecule has 9 heteroatoms. The number of imidazole rings is 1. The minimum atomic E-state index is 0.749. The van der Waals surface area contributed by atoms with E-state index in [1.165, 1.54) is 11.1 Å². The molecule has 0 amide bonds. The number of hydrogen-bond donors (Lipinski definition) is 1. The molecule has 0 atom stereocenters. The summed E-state index contributed by atoms with van der Waals surface area (Å²) >= 11 is 1.55. The van der Waals surface area contributed by atoms with Crippen LogP contribution in [0.3, 0.4) is 0 Å². The summed E-state index contributed by atoms with van der Waals surface area (Å²) in [6.45, 7) is 9.18. The van der Waals surface area contributed by atoms with Gasteiger partial charge in [-0.1, -0.05) is 35.6 Å². The van der Waals surface area contributed by atoms with Crippen molar-refractivity contribution >= 4 is 27.2 Å². The number of aryl methyl sites for hydroxylation is 1. The number of anilines is 2. The summed E-state index contributed by atoms with van der Waals surface area (Å²) in [7, 11) is 0. The van der Waals surface area contributed by atoms with E-state index in [4.69, 9.17) is 14.7 Å². The van der Waals surface area contributed by atoms with Crippen LogP contribution in [0.4, 0.5) is 10.9 Å². The molecule has 1 N–H and O–H groups in total. The lowest BCUT2D eigenvalue weighted by Crippen LogP contribution is -2.49. The van der Waals surface area contributed by atoms with Gasteiger partial charge in [0.2, 0.25) is 10.1 Å². The fourth-order valence-electron chi connectivity index (χ4n) is 3.88. The predicted octanol–water partition coefficient (Wildman–Crippen LogP) is 3.85. The molecule has 8 nitrogen and oxygen atoms in total. The van der Waals surface area contributed by atoms with Gasteiger partial charge in [0.05, 0.1) is 25.1 Å². The van der Waals surface area contributed by atoms with Crippen molar-refractivity contribution in [3.8, 4) is 11.3 Å². The largest absolute Gasteiger partial charge is 0.379 e. The van der Waals surface area contributed by atoms with Crippen molar-refractivity contribution in [3.63, 3.8) is 0 Å². The SMILES string of the molecule is CCN(c1ccc(-c2cn3nc(NCc4ccccc4C)sc3n2)cn1)N1CCOCC1. The van der Waals surface area contributed by atoms with Crippen LogP contribution in [0.2, 0.25) is 0 Å². The van der Waals surface area contributed by atoms with Gasteiger partial charge in [0.15, 0.2) is 0 Å². The number of nitrogens with one attached hydrogen (secondary N) is 1. The third-order valence-corrected chi connectivity index (χ3v) is 6.55. The molecule has 0 spiro atoms. The fourth-order valence-corrected chi connectivity index (χ4v) is 4.66. The van der Waals surface area contributed by atoms with E-state index >= 15 is 0 Å². The van der Waals surface area contributed by atoms with Gasteiger partial charge < -0.3 is 10.1 Å². The van der Waals surface area contributed by atoms with Crippen LogP contribution in [0.5, 0.6) is 0 Å². The van der Waals surface area contributed by atoms with Gasteiger partial charge in [-0.05, 0) is 37.1 Å². The number of fused-ring (bicyclic) bond motifs is 1. The first-order valence-corrected chi connectivity index (χ1v) is 11.7. The van der Waals surface area contributed by atoms with E-state index in [0.717, 1.165) is 66.6 Å². The van der Waals surface area contributed by atoms with Crippen molar-refractivity contribution in [3.05, 3.63) is 59.9 Å². The predicted molar refractivity (Wildman–Crippen MR) is 128 cm³/mol. The quantitative estimate of drug-likeness (QED) is 0.460. The van der Waals surface area contributed by atoms with Crippen molar-refractivity contribution in [2.45, 2.75) is 20.4 Å². The number of benzene rings is 1. The van der Waals surface area contributed by atoms with Gasteiger partial charge in [0, 0.05) is 37.9 Å². The maximum absolute atomic E-state index is 5.47. The molecule has 0 bridgehead atoms. The summed E-state index contributed by atoms with van der Waals surface area (Å²) in [4.78, 5) is 10.3. The van der Waals surface area contributed by atoms with Crippen LogP contribution >= 0.6 is 11.3 Å². The number of morpholine rings is 1. The zero-order valence-corrected chi connectivity index (χ0v) is 19.2. The number of ether oxygens (including phenoxy) is 1. The third-order valence-electron chi connectivity index (χ3n) is 5.67. The van der Waals surface area contributed by atoms with E-state index in [0.29, 0.717) is 0 Å². The number of aromatic nitrogens is 4. The molecule has 1 saturated heterocycles. The molecule has 1 aliphatic rings. The number of rotatable bonds is 7. The minimum absolute atomic E-state index is 0.749. The Bertz CT molecular complexity index is 1150. The molecular formula is C23H27N7OS. The number of hydrogen-bond acceptors (Lipinski definition) is 8. The van der Waals surface area contributed by atoms with Crippen LogP contribution in [0.15, 0.2) is 48.8 Å². The Labute approximate surface area is 191 Å². The van der Waals surface area contributed by atoms with Crippen molar-refractivity contribution in [2.75, 3.05) is 43.2 Å². The summed E-state index contributed by atoms with van der Waals surface area (Å²) in [5.41, 5.74) is 4.40. The first-order valence-electron chi connectivity index (χ1n) is 10.9. The molecule has 166 valence electrons. The van der Waals surface area contributed by atoms with Crippen LogP contribution < -0.4 is 10.3 Å². The van der Waals surface area contributed by atoms with E-state index in [1.54, 1.807) is 11.3 Å². The van der Waals surface area contributed by atoms with Crippen molar-refractivity contribution in [1.82, 2.24) is 24.6 Å². The smallest absolute Gasteiger partial charge is 0.214 e. The number of hydrazine groups is 1. The highest BCUT2D eigenvalue weighted by Crippen LogP contribution is 2.26. The summed E-state index contributed by atoms with van der Waals surface area (Å²) < 4.78 is 7.30. The maximum atomic E-state index is 5.47. The Morgan fingerprint density at radius 1 is 1.16 bits per heavy atom. The van der Waals surface area contributed by atoms with Crippen molar-refractivity contribution < 1.29 is 4.74 Å². The van der Waals surface area contributed by atoms with Crippen molar-refractivity contribution in [1.29, 1.82) is 0 Å². The number of pyridine rings is 1. The highest BCUT2D eigenvalue weighted by atomic mass is 32.1. The van der Waals surface area contributed by atoms with Gasteiger partial charge in [0.25, 0.3) is 0 Å². The zero-order chi connectivity index (χ0) is 21.9. The topological polar surface area (TPSA) is 70.8 Å².